The van der Waals surface area contributed by atoms with Crippen LogP contribution in [0.4, 0.5) is 0 Å². The summed E-state index contributed by atoms with van der Waals surface area (Å²) in [6.07, 6.45) is 14.9. The van der Waals surface area contributed by atoms with Crippen LogP contribution in [-0.4, -0.2) is 12.6 Å². The van der Waals surface area contributed by atoms with Crippen molar-refractivity contribution in [3.8, 4) is 0 Å². The van der Waals surface area contributed by atoms with Gasteiger partial charge in [-0.25, -0.2) is 0 Å². The molecular formula is C17H28O2. The van der Waals surface area contributed by atoms with E-state index in [1.54, 1.807) is 0 Å². The minimum Gasteiger partial charge on any atom is -0.466 e. The summed E-state index contributed by atoms with van der Waals surface area (Å²) in [6, 6.07) is 0. The second-order valence-electron chi connectivity index (χ2n) is 6.26. The Hall–Kier alpha value is -0.790. The Morgan fingerprint density at radius 3 is 2.89 bits per heavy atom. The summed E-state index contributed by atoms with van der Waals surface area (Å²) in [5, 5.41) is 0. The number of carbonyl (C=O) groups excluding carboxylic acids is 1. The largest absolute Gasteiger partial charge is 0.466 e. The lowest BCUT2D eigenvalue weighted by Gasteiger charge is -2.08. The van der Waals surface area contributed by atoms with E-state index in [0.29, 0.717) is 13.0 Å². The Labute approximate surface area is 117 Å². The first-order valence-electron chi connectivity index (χ1n) is 8.09. The number of hydrogen-bond acceptors (Lipinski definition) is 2. The maximum Gasteiger partial charge on any atom is 0.305 e. The van der Waals surface area contributed by atoms with Crippen molar-refractivity contribution in [3.05, 3.63) is 12.2 Å². The highest BCUT2D eigenvalue weighted by Crippen LogP contribution is 2.47. The first-order valence-corrected chi connectivity index (χ1v) is 8.09. The van der Waals surface area contributed by atoms with Crippen LogP contribution in [0.3, 0.4) is 0 Å². The molecular weight excluding hydrogens is 236 g/mol. The Kier molecular flexibility index (Phi) is 5.93. The molecule has 1 aliphatic carbocycles. The number of hydrogen-bond donors (Lipinski definition) is 0. The lowest BCUT2D eigenvalue weighted by molar-refractivity contribution is -0.143. The van der Waals surface area contributed by atoms with Crippen molar-refractivity contribution in [2.75, 3.05) is 6.61 Å². The second-order valence-corrected chi connectivity index (χ2v) is 6.26. The second kappa shape index (κ2) is 7.72. The topological polar surface area (TPSA) is 26.3 Å². The van der Waals surface area contributed by atoms with Gasteiger partial charge in [0.05, 0.1) is 6.61 Å². The summed E-state index contributed by atoms with van der Waals surface area (Å²) in [4.78, 5) is 11.5. The summed E-state index contributed by atoms with van der Waals surface area (Å²) in [7, 11) is 0. The predicted octanol–water partition coefficient (Wildman–Crippen LogP) is 4.49. The van der Waals surface area contributed by atoms with Gasteiger partial charge in [-0.2, -0.15) is 0 Å². The molecule has 1 heterocycles. The SMILES string of the molecule is CC1/C=C\CCCCCCC(=O)OCCCC2CC12. The number of fused-ring (bicyclic) bond motifs is 1. The highest BCUT2D eigenvalue weighted by molar-refractivity contribution is 5.69. The molecule has 0 bridgehead atoms. The predicted molar refractivity (Wildman–Crippen MR) is 77.8 cm³/mol. The number of cyclic esters (lactones) is 1. The highest BCUT2D eigenvalue weighted by Gasteiger charge is 2.39. The summed E-state index contributed by atoms with van der Waals surface area (Å²) >= 11 is 0. The van der Waals surface area contributed by atoms with Crippen molar-refractivity contribution >= 4 is 5.97 Å². The van der Waals surface area contributed by atoms with Gasteiger partial charge in [-0.05, 0) is 56.3 Å². The highest BCUT2D eigenvalue weighted by atomic mass is 16.5. The molecule has 2 aliphatic rings. The third-order valence-corrected chi connectivity index (χ3v) is 4.58. The first kappa shape index (κ1) is 14.6. The Bertz CT molecular complexity index is 308. The van der Waals surface area contributed by atoms with Gasteiger partial charge < -0.3 is 4.74 Å². The van der Waals surface area contributed by atoms with Crippen LogP contribution in [0.25, 0.3) is 0 Å². The number of ether oxygens (including phenoxy) is 1. The minimum atomic E-state index is 0.00713. The van der Waals surface area contributed by atoms with Gasteiger partial charge in [0.15, 0.2) is 0 Å². The fraction of sp³-hybridized carbons (Fsp3) is 0.824. The maximum atomic E-state index is 11.5. The van der Waals surface area contributed by atoms with Crippen molar-refractivity contribution in [1.29, 1.82) is 0 Å². The third-order valence-electron chi connectivity index (χ3n) is 4.58. The van der Waals surface area contributed by atoms with Crippen molar-refractivity contribution in [1.82, 2.24) is 0 Å². The zero-order chi connectivity index (χ0) is 13.5. The van der Waals surface area contributed by atoms with E-state index in [0.717, 1.165) is 37.0 Å². The van der Waals surface area contributed by atoms with Crippen LogP contribution in [0.2, 0.25) is 0 Å². The maximum absolute atomic E-state index is 11.5. The summed E-state index contributed by atoms with van der Waals surface area (Å²) in [5.41, 5.74) is 0. The van der Waals surface area contributed by atoms with Gasteiger partial charge in [-0.15, -0.1) is 0 Å². The molecule has 0 N–H and O–H groups in total. The van der Waals surface area contributed by atoms with E-state index in [1.165, 1.54) is 32.1 Å². The van der Waals surface area contributed by atoms with Crippen LogP contribution in [0.1, 0.15) is 64.7 Å². The number of rotatable bonds is 0. The Morgan fingerprint density at radius 2 is 2.00 bits per heavy atom. The minimum absolute atomic E-state index is 0.00713. The third kappa shape index (κ3) is 5.38. The molecule has 2 nitrogen and oxygen atoms in total. The van der Waals surface area contributed by atoms with Gasteiger partial charge in [0.2, 0.25) is 0 Å². The van der Waals surface area contributed by atoms with Crippen molar-refractivity contribution in [2.45, 2.75) is 64.7 Å². The van der Waals surface area contributed by atoms with Crippen LogP contribution >= 0.6 is 0 Å². The van der Waals surface area contributed by atoms with Gasteiger partial charge in [0.25, 0.3) is 0 Å². The van der Waals surface area contributed by atoms with E-state index in [1.807, 2.05) is 0 Å². The first-order chi connectivity index (χ1) is 9.27. The molecule has 108 valence electrons. The Balaban J connectivity index is 1.76. The fourth-order valence-electron chi connectivity index (χ4n) is 3.19. The molecule has 19 heavy (non-hydrogen) atoms. The molecule has 2 heteroatoms. The zero-order valence-electron chi connectivity index (χ0n) is 12.3. The molecule has 0 radical (unpaired) electrons. The number of carbonyl (C=O) groups is 1. The molecule has 0 aromatic carbocycles. The van der Waals surface area contributed by atoms with Gasteiger partial charge in [-0.3, -0.25) is 4.79 Å². The lowest BCUT2D eigenvalue weighted by atomic mass is 10.0. The molecule has 1 fully saturated rings. The Morgan fingerprint density at radius 1 is 1.16 bits per heavy atom. The standard InChI is InChI=1S/C17H28O2/c1-14-9-6-4-2-3-5-7-11-17(18)19-12-8-10-15-13-16(14)15/h6,9,14-16H,2-5,7-8,10-13H2,1H3/b9-6-. The van der Waals surface area contributed by atoms with Crippen LogP contribution in [-0.2, 0) is 9.53 Å². The molecule has 2 rings (SSSR count). The molecule has 3 atom stereocenters. The average molecular weight is 264 g/mol. The van der Waals surface area contributed by atoms with Gasteiger partial charge in [0, 0.05) is 6.42 Å². The van der Waals surface area contributed by atoms with Crippen LogP contribution in [0, 0.1) is 17.8 Å². The summed E-state index contributed by atoms with van der Waals surface area (Å²) in [5.74, 6) is 2.51. The van der Waals surface area contributed by atoms with E-state index >= 15 is 0 Å². The van der Waals surface area contributed by atoms with Gasteiger partial charge in [0.1, 0.15) is 0 Å². The van der Waals surface area contributed by atoms with E-state index in [4.69, 9.17) is 4.74 Å². The van der Waals surface area contributed by atoms with Crippen LogP contribution in [0.5, 0.6) is 0 Å². The van der Waals surface area contributed by atoms with Crippen molar-refractivity contribution in [3.63, 3.8) is 0 Å². The molecule has 0 aromatic rings. The van der Waals surface area contributed by atoms with Crippen molar-refractivity contribution < 1.29 is 9.53 Å². The van der Waals surface area contributed by atoms with Crippen molar-refractivity contribution in [2.24, 2.45) is 17.8 Å². The van der Waals surface area contributed by atoms with Gasteiger partial charge in [-0.1, -0.05) is 31.9 Å². The smallest absolute Gasteiger partial charge is 0.305 e. The molecule has 1 aliphatic heterocycles. The summed E-state index contributed by atoms with van der Waals surface area (Å²) in [6.45, 7) is 2.98. The number of allylic oxidation sites excluding steroid dienone is 2. The fourth-order valence-corrected chi connectivity index (χ4v) is 3.19. The van der Waals surface area contributed by atoms with E-state index < -0.39 is 0 Å². The number of esters is 1. The zero-order valence-corrected chi connectivity index (χ0v) is 12.3. The monoisotopic (exact) mass is 264 g/mol. The molecule has 0 spiro atoms. The quantitative estimate of drug-likeness (QED) is 0.476. The normalized spacial score (nSPS) is 36.1. The van der Waals surface area contributed by atoms with E-state index in [9.17, 15) is 4.79 Å². The molecule has 1 saturated carbocycles. The van der Waals surface area contributed by atoms with E-state index in [2.05, 4.69) is 19.1 Å². The van der Waals surface area contributed by atoms with Crippen LogP contribution in [0.15, 0.2) is 12.2 Å². The molecule has 0 saturated heterocycles. The van der Waals surface area contributed by atoms with Gasteiger partial charge >= 0.3 is 5.97 Å². The summed E-state index contributed by atoms with van der Waals surface area (Å²) < 4.78 is 5.28. The van der Waals surface area contributed by atoms with E-state index in [-0.39, 0.29) is 5.97 Å². The molecule has 0 amide bonds. The lowest BCUT2D eigenvalue weighted by Crippen LogP contribution is -2.06. The molecule has 0 aromatic heterocycles. The average Bonchev–Trinajstić information content (AvgIpc) is 3.16. The molecule has 3 unspecified atom stereocenters. The van der Waals surface area contributed by atoms with Crippen LogP contribution < -0.4 is 0 Å².